The third-order valence-corrected chi connectivity index (χ3v) is 3.69. The molecule has 0 spiro atoms. The van der Waals surface area contributed by atoms with Crippen molar-refractivity contribution in [3.63, 3.8) is 0 Å². The fourth-order valence-corrected chi connectivity index (χ4v) is 2.62. The second-order valence-electron chi connectivity index (χ2n) is 4.87. The highest BCUT2D eigenvalue weighted by atomic mass is 79.9. The average Bonchev–Trinajstić information content (AvgIpc) is 2.91. The summed E-state index contributed by atoms with van der Waals surface area (Å²) in [6.07, 6.45) is 3.77. The molecule has 4 heteroatoms. The van der Waals surface area contributed by atoms with E-state index in [4.69, 9.17) is 9.47 Å². The van der Waals surface area contributed by atoms with Crippen LogP contribution in [0, 0.1) is 0 Å². The summed E-state index contributed by atoms with van der Waals surface area (Å²) in [6, 6.07) is 6.17. The molecule has 0 aromatic heterocycles. The van der Waals surface area contributed by atoms with E-state index in [2.05, 4.69) is 34.2 Å². The molecular weight excluding hydrogens is 306 g/mol. The summed E-state index contributed by atoms with van der Waals surface area (Å²) >= 11 is 3.51. The summed E-state index contributed by atoms with van der Waals surface area (Å²) < 4.78 is 12.5. The zero-order valence-electron chi connectivity index (χ0n) is 11.5. The Morgan fingerprint density at radius 3 is 3.11 bits per heavy atom. The summed E-state index contributed by atoms with van der Waals surface area (Å²) in [5, 5.41) is 3.46. The minimum Gasteiger partial charge on any atom is -0.493 e. The van der Waals surface area contributed by atoms with E-state index < -0.39 is 0 Å². The Morgan fingerprint density at radius 2 is 2.37 bits per heavy atom. The summed E-state index contributed by atoms with van der Waals surface area (Å²) in [5.74, 6) is 0.977. The van der Waals surface area contributed by atoms with Crippen LogP contribution in [-0.4, -0.2) is 25.9 Å². The normalized spacial score (nSPS) is 18.7. The van der Waals surface area contributed by atoms with Crippen LogP contribution in [-0.2, 0) is 11.3 Å². The Hall–Kier alpha value is -0.580. The van der Waals surface area contributed by atoms with Gasteiger partial charge in [0.25, 0.3) is 0 Å². The van der Waals surface area contributed by atoms with Crippen molar-refractivity contribution in [2.45, 2.75) is 38.8 Å². The van der Waals surface area contributed by atoms with E-state index in [9.17, 15) is 0 Å². The van der Waals surface area contributed by atoms with Crippen molar-refractivity contribution in [3.8, 4) is 5.75 Å². The van der Waals surface area contributed by atoms with Gasteiger partial charge < -0.3 is 14.8 Å². The molecule has 1 heterocycles. The van der Waals surface area contributed by atoms with Gasteiger partial charge in [0.2, 0.25) is 0 Å². The van der Waals surface area contributed by atoms with E-state index in [0.717, 1.165) is 42.9 Å². The summed E-state index contributed by atoms with van der Waals surface area (Å²) in [6.45, 7) is 5.53. The van der Waals surface area contributed by atoms with Gasteiger partial charge in [-0.3, -0.25) is 0 Å². The molecule has 0 amide bonds. The number of rotatable bonds is 7. The van der Waals surface area contributed by atoms with Gasteiger partial charge in [0, 0.05) is 29.7 Å². The van der Waals surface area contributed by atoms with Crippen LogP contribution in [0.25, 0.3) is 0 Å². The molecule has 1 aliphatic heterocycles. The van der Waals surface area contributed by atoms with E-state index in [1.807, 2.05) is 12.1 Å². The number of nitrogens with one attached hydrogen (secondary N) is 1. The molecular formula is C15H22BrNO2. The lowest BCUT2D eigenvalue weighted by atomic mass is 10.2. The molecule has 0 bridgehead atoms. The van der Waals surface area contributed by atoms with Gasteiger partial charge >= 0.3 is 0 Å². The molecule has 0 saturated carbocycles. The van der Waals surface area contributed by atoms with Crippen molar-refractivity contribution in [1.29, 1.82) is 0 Å². The smallest absolute Gasteiger partial charge is 0.123 e. The quantitative estimate of drug-likeness (QED) is 0.831. The first kappa shape index (κ1) is 14.8. The van der Waals surface area contributed by atoms with Crippen molar-refractivity contribution in [3.05, 3.63) is 28.2 Å². The highest BCUT2D eigenvalue weighted by Gasteiger charge is 2.14. The molecule has 1 aliphatic rings. The van der Waals surface area contributed by atoms with E-state index in [1.54, 1.807) is 0 Å². The second kappa shape index (κ2) is 7.88. The lowest BCUT2D eigenvalue weighted by molar-refractivity contribution is 0.110. The van der Waals surface area contributed by atoms with Gasteiger partial charge in [-0.15, -0.1) is 0 Å². The van der Waals surface area contributed by atoms with Gasteiger partial charge in [-0.2, -0.15) is 0 Å². The van der Waals surface area contributed by atoms with E-state index in [1.165, 1.54) is 18.4 Å². The van der Waals surface area contributed by atoms with Gasteiger partial charge in [0.15, 0.2) is 0 Å². The monoisotopic (exact) mass is 327 g/mol. The van der Waals surface area contributed by atoms with Crippen LogP contribution in [0.2, 0.25) is 0 Å². The lowest BCUT2D eigenvalue weighted by Crippen LogP contribution is -2.26. The SMILES string of the molecule is CCCOc1ccc(Br)cc1CNC[C@H]1CCCO1. The molecule has 3 nitrogen and oxygen atoms in total. The number of ether oxygens (including phenoxy) is 2. The molecule has 0 radical (unpaired) electrons. The van der Waals surface area contributed by atoms with E-state index in [0.29, 0.717) is 6.10 Å². The lowest BCUT2D eigenvalue weighted by Gasteiger charge is -2.14. The Kier molecular flexibility index (Phi) is 6.14. The topological polar surface area (TPSA) is 30.5 Å². The van der Waals surface area contributed by atoms with Crippen molar-refractivity contribution in [1.82, 2.24) is 5.32 Å². The van der Waals surface area contributed by atoms with E-state index in [-0.39, 0.29) is 0 Å². The predicted molar refractivity (Wildman–Crippen MR) is 80.6 cm³/mol. The van der Waals surface area contributed by atoms with Crippen molar-refractivity contribution in [2.24, 2.45) is 0 Å². The molecule has 0 unspecified atom stereocenters. The maximum atomic E-state index is 5.77. The first-order valence-corrected chi connectivity index (χ1v) is 7.82. The Labute approximate surface area is 123 Å². The molecule has 106 valence electrons. The second-order valence-corrected chi connectivity index (χ2v) is 5.78. The first-order chi connectivity index (χ1) is 9.29. The van der Waals surface area contributed by atoms with Gasteiger partial charge in [0.05, 0.1) is 12.7 Å². The van der Waals surface area contributed by atoms with Crippen LogP contribution in [0.3, 0.4) is 0 Å². The summed E-state index contributed by atoms with van der Waals surface area (Å²) in [4.78, 5) is 0. The minimum absolute atomic E-state index is 0.382. The maximum Gasteiger partial charge on any atom is 0.123 e. The third kappa shape index (κ3) is 4.79. The van der Waals surface area contributed by atoms with Crippen molar-refractivity contribution >= 4 is 15.9 Å². The van der Waals surface area contributed by atoms with Crippen LogP contribution >= 0.6 is 15.9 Å². The average molecular weight is 328 g/mol. The standard InChI is InChI=1S/C15H22BrNO2/c1-2-7-19-15-6-5-13(16)9-12(15)10-17-11-14-4-3-8-18-14/h5-6,9,14,17H,2-4,7-8,10-11H2,1H3/t14-/m1/s1. The van der Waals surface area contributed by atoms with Crippen molar-refractivity contribution < 1.29 is 9.47 Å². The molecule has 1 aromatic rings. The van der Waals surface area contributed by atoms with Crippen LogP contribution < -0.4 is 10.1 Å². The molecule has 1 saturated heterocycles. The zero-order chi connectivity index (χ0) is 13.5. The van der Waals surface area contributed by atoms with Crippen LogP contribution in [0.5, 0.6) is 5.75 Å². The largest absolute Gasteiger partial charge is 0.493 e. The fourth-order valence-electron chi connectivity index (χ4n) is 2.21. The van der Waals surface area contributed by atoms with Gasteiger partial charge in [0.1, 0.15) is 5.75 Å². The van der Waals surface area contributed by atoms with Crippen LogP contribution in [0.4, 0.5) is 0 Å². The fraction of sp³-hybridized carbons (Fsp3) is 0.600. The predicted octanol–water partition coefficient (Wildman–Crippen LogP) is 3.51. The van der Waals surface area contributed by atoms with E-state index >= 15 is 0 Å². The van der Waals surface area contributed by atoms with Crippen LogP contribution in [0.1, 0.15) is 31.7 Å². The molecule has 1 atom stereocenters. The highest BCUT2D eigenvalue weighted by molar-refractivity contribution is 9.10. The van der Waals surface area contributed by atoms with Gasteiger partial charge in [-0.05, 0) is 37.5 Å². The molecule has 19 heavy (non-hydrogen) atoms. The summed E-state index contributed by atoms with van der Waals surface area (Å²) in [7, 11) is 0. The van der Waals surface area contributed by atoms with Gasteiger partial charge in [-0.1, -0.05) is 22.9 Å². The molecule has 1 N–H and O–H groups in total. The molecule has 0 aliphatic carbocycles. The Balaban J connectivity index is 1.87. The number of benzene rings is 1. The number of hydrogen-bond donors (Lipinski definition) is 1. The Morgan fingerprint density at radius 1 is 1.47 bits per heavy atom. The molecule has 2 rings (SSSR count). The van der Waals surface area contributed by atoms with Gasteiger partial charge in [-0.25, -0.2) is 0 Å². The number of halogens is 1. The molecule has 1 fully saturated rings. The first-order valence-electron chi connectivity index (χ1n) is 7.03. The van der Waals surface area contributed by atoms with Crippen molar-refractivity contribution in [2.75, 3.05) is 19.8 Å². The highest BCUT2D eigenvalue weighted by Crippen LogP contribution is 2.23. The van der Waals surface area contributed by atoms with Crippen LogP contribution in [0.15, 0.2) is 22.7 Å². The minimum atomic E-state index is 0.382. The third-order valence-electron chi connectivity index (χ3n) is 3.20. The zero-order valence-corrected chi connectivity index (χ0v) is 13.0. The number of hydrogen-bond acceptors (Lipinski definition) is 3. The summed E-state index contributed by atoms with van der Waals surface area (Å²) in [5.41, 5.74) is 1.20. The maximum absolute atomic E-state index is 5.77. The molecule has 1 aromatic carbocycles. The Bertz CT molecular complexity index is 392.